The minimum absolute atomic E-state index is 0.0100. The van der Waals surface area contributed by atoms with Crippen LogP contribution in [0.2, 0.25) is 0 Å². The van der Waals surface area contributed by atoms with E-state index in [0.717, 1.165) is 0 Å². The van der Waals surface area contributed by atoms with Crippen molar-refractivity contribution >= 4 is 22.1 Å². The largest absolute Gasteiger partial charge is 0.497 e. The summed E-state index contributed by atoms with van der Waals surface area (Å²) >= 11 is 0. The summed E-state index contributed by atoms with van der Waals surface area (Å²) in [6.07, 6.45) is 0. The van der Waals surface area contributed by atoms with Crippen LogP contribution in [0.15, 0.2) is 42.5 Å². The zero-order chi connectivity index (χ0) is 24.8. The number of ether oxygens (including phenoxy) is 3. The Morgan fingerprint density at radius 3 is 2.18 bits per heavy atom. The molecule has 0 saturated heterocycles. The van der Waals surface area contributed by atoms with Crippen molar-refractivity contribution < 1.29 is 36.8 Å². The van der Waals surface area contributed by atoms with E-state index < -0.39 is 33.7 Å². The van der Waals surface area contributed by atoms with Crippen LogP contribution in [0.25, 0.3) is 0 Å². The van der Waals surface area contributed by atoms with Crippen LogP contribution in [0.3, 0.4) is 0 Å². The fourth-order valence-electron chi connectivity index (χ4n) is 2.94. The first kappa shape index (κ1) is 26.3. The molecule has 0 saturated carbocycles. The fourth-order valence-corrected chi connectivity index (χ4v) is 3.76. The summed E-state index contributed by atoms with van der Waals surface area (Å²) in [5.74, 6) is -2.00. The van der Waals surface area contributed by atoms with Gasteiger partial charge in [-0.3, -0.25) is 9.35 Å². The standard InChI is InChI=1S/C23H29NO8S/c1-15(25)31-21-12-17(18(14-33(27,28)29)13-24-23(2,3)4)8-11-20(21)32-22(26)16-6-9-19(30-5)10-7-16/h6-12,18,24H,13-14H2,1-5H3,(H,27,28,29). The molecule has 9 nitrogen and oxygen atoms in total. The zero-order valence-corrected chi connectivity index (χ0v) is 20.1. The smallest absolute Gasteiger partial charge is 0.343 e. The second-order valence-electron chi connectivity index (χ2n) is 8.49. The average Bonchev–Trinajstić information content (AvgIpc) is 2.70. The number of methoxy groups -OCH3 is 1. The van der Waals surface area contributed by atoms with Crippen molar-refractivity contribution in [2.24, 2.45) is 0 Å². The molecule has 0 radical (unpaired) electrons. The number of hydrogen-bond donors (Lipinski definition) is 2. The minimum Gasteiger partial charge on any atom is -0.497 e. The lowest BCUT2D eigenvalue weighted by molar-refractivity contribution is -0.132. The lowest BCUT2D eigenvalue weighted by Crippen LogP contribution is -2.39. The lowest BCUT2D eigenvalue weighted by Gasteiger charge is -2.25. The van der Waals surface area contributed by atoms with E-state index in [1.165, 1.54) is 38.3 Å². The van der Waals surface area contributed by atoms with E-state index >= 15 is 0 Å². The highest BCUT2D eigenvalue weighted by Gasteiger charge is 2.24. The average molecular weight is 480 g/mol. The Kier molecular flexibility index (Phi) is 8.59. The first-order valence-corrected chi connectivity index (χ1v) is 11.8. The first-order valence-electron chi connectivity index (χ1n) is 10.2. The molecule has 33 heavy (non-hydrogen) atoms. The van der Waals surface area contributed by atoms with E-state index in [1.54, 1.807) is 18.2 Å². The number of carbonyl (C=O) groups is 2. The van der Waals surface area contributed by atoms with Gasteiger partial charge in [0.05, 0.1) is 18.4 Å². The molecule has 0 aliphatic carbocycles. The minimum atomic E-state index is -4.29. The Bertz CT molecular complexity index is 1090. The van der Waals surface area contributed by atoms with Crippen molar-refractivity contribution in [1.29, 1.82) is 0 Å². The summed E-state index contributed by atoms with van der Waals surface area (Å²) in [4.78, 5) is 24.2. The number of hydrogen-bond acceptors (Lipinski definition) is 8. The van der Waals surface area contributed by atoms with Crippen LogP contribution in [0.4, 0.5) is 0 Å². The van der Waals surface area contributed by atoms with Crippen LogP contribution in [0, 0.1) is 0 Å². The molecule has 0 aliphatic rings. The van der Waals surface area contributed by atoms with Gasteiger partial charge in [0.1, 0.15) is 5.75 Å². The number of nitrogens with one attached hydrogen (secondary N) is 1. The summed E-state index contributed by atoms with van der Waals surface area (Å²) in [6.45, 7) is 7.18. The third-order valence-electron chi connectivity index (χ3n) is 4.51. The molecule has 0 heterocycles. The van der Waals surface area contributed by atoms with Gasteiger partial charge < -0.3 is 19.5 Å². The highest BCUT2D eigenvalue weighted by Crippen LogP contribution is 2.33. The van der Waals surface area contributed by atoms with E-state index in [0.29, 0.717) is 11.3 Å². The predicted octanol–water partition coefficient (Wildman–Crippen LogP) is 3.20. The van der Waals surface area contributed by atoms with Crippen LogP contribution < -0.4 is 19.5 Å². The Hall–Kier alpha value is -2.95. The van der Waals surface area contributed by atoms with Crippen LogP contribution in [0.1, 0.15) is 49.5 Å². The molecule has 0 fully saturated rings. The highest BCUT2D eigenvalue weighted by molar-refractivity contribution is 7.85. The van der Waals surface area contributed by atoms with Crippen molar-refractivity contribution in [3.05, 3.63) is 53.6 Å². The van der Waals surface area contributed by atoms with Gasteiger partial charge >= 0.3 is 11.9 Å². The molecule has 2 N–H and O–H groups in total. The first-order chi connectivity index (χ1) is 15.3. The Labute approximate surface area is 193 Å². The number of benzene rings is 2. The SMILES string of the molecule is COc1ccc(C(=O)Oc2ccc(C(CNC(C)(C)C)CS(=O)(=O)O)cc2OC(C)=O)cc1. The summed E-state index contributed by atoms with van der Waals surface area (Å²) in [5, 5.41) is 3.20. The van der Waals surface area contributed by atoms with E-state index in [2.05, 4.69) is 5.32 Å². The molecule has 0 aliphatic heterocycles. The van der Waals surface area contributed by atoms with Gasteiger partial charge in [-0.05, 0) is 62.7 Å². The summed E-state index contributed by atoms with van der Waals surface area (Å²) in [7, 11) is -2.78. The van der Waals surface area contributed by atoms with E-state index in [-0.39, 0.29) is 29.1 Å². The molecular weight excluding hydrogens is 450 g/mol. The van der Waals surface area contributed by atoms with Crippen molar-refractivity contribution in [1.82, 2.24) is 5.32 Å². The third kappa shape index (κ3) is 8.83. The molecule has 0 aromatic heterocycles. The van der Waals surface area contributed by atoms with E-state index in [4.69, 9.17) is 14.2 Å². The normalized spacial score (nSPS) is 12.7. The monoisotopic (exact) mass is 479 g/mol. The lowest BCUT2D eigenvalue weighted by atomic mass is 9.98. The molecule has 180 valence electrons. The second kappa shape index (κ2) is 10.8. The zero-order valence-electron chi connectivity index (χ0n) is 19.2. The number of rotatable bonds is 9. The van der Waals surface area contributed by atoms with Gasteiger partial charge in [-0.15, -0.1) is 0 Å². The molecule has 1 atom stereocenters. The summed E-state index contributed by atoms with van der Waals surface area (Å²) < 4.78 is 48.3. The van der Waals surface area contributed by atoms with Crippen molar-refractivity contribution in [2.75, 3.05) is 19.4 Å². The maximum atomic E-state index is 12.5. The molecule has 1 unspecified atom stereocenters. The van der Waals surface area contributed by atoms with Gasteiger partial charge in [0.2, 0.25) is 0 Å². The van der Waals surface area contributed by atoms with E-state index in [1.807, 2.05) is 20.8 Å². The molecule has 2 aromatic rings. The Morgan fingerprint density at radius 1 is 1.03 bits per heavy atom. The third-order valence-corrected chi connectivity index (χ3v) is 5.34. The van der Waals surface area contributed by atoms with Crippen LogP contribution in [-0.4, -0.2) is 49.9 Å². The van der Waals surface area contributed by atoms with Gasteiger partial charge in [0.25, 0.3) is 10.1 Å². The summed E-state index contributed by atoms with van der Waals surface area (Å²) in [5.41, 5.74) is 0.432. The second-order valence-corrected chi connectivity index (χ2v) is 9.99. The molecule has 0 bridgehead atoms. The number of carbonyl (C=O) groups excluding carboxylic acids is 2. The summed E-state index contributed by atoms with van der Waals surface area (Å²) in [6, 6.07) is 10.7. The molecule has 0 amide bonds. The Morgan fingerprint density at radius 2 is 1.67 bits per heavy atom. The van der Waals surface area contributed by atoms with Crippen LogP contribution >= 0.6 is 0 Å². The molecule has 2 aromatic carbocycles. The van der Waals surface area contributed by atoms with Crippen molar-refractivity contribution in [2.45, 2.75) is 39.2 Å². The van der Waals surface area contributed by atoms with Gasteiger partial charge in [-0.1, -0.05) is 6.07 Å². The highest BCUT2D eigenvalue weighted by atomic mass is 32.2. The fraction of sp³-hybridized carbons (Fsp3) is 0.391. The molecule has 10 heteroatoms. The van der Waals surface area contributed by atoms with E-state index in [9.17, 15) is 22.6 Å². The van der Waals surface area contributed by atoms with Gasteiger partial charge in [0, 0.05) is 24.9 Å². The molecule has 0 spiro atoms. The maximum Gasteiger partial charge on any atom is 0.343 e. The van der Waals surface area contributed by atoms with Gasteiger partial charge in [-0.25, -0.2) is 4.79 Å². The van der Waals surface area contributed by atoms with Crippen molar-refractivity contribution in [3.63, 3.8) is 0 Å². The predicted molar refractivity (Wildman–Crippen MR) is 123 cm³/mol. The maximum absolute atomic E-state index is 12.5. The van der Waals surface area contributed by atoms with Gasteiger partial charge in [-0.2, -0.15) is 8.42 Å². The van der Waals surface area contributed by atoms with Crippen LogP contribution in [0.5, 0.6) is 17.2 Å². The number of esters is 2. The quantitative estimate of drug-likeness (QED) is 0.316. The molecular formula is C23H29NO8S. The van der Waals surface area contributed by atoms with Crippen LogP contribution in [-0.2, 0) is 14.9 Å². The Balaban J connectivity index is 2.36. The topological polar surface area (TPSA) is 128 Å². The van der Waals surface area contributed by atoms with Crippen molar-refractivity contribution in [3.8, 4) is 17.2 Å². The molecule has 2 rings (SSSR count). The van der Waals surface area contributed by atoms with Gasteiger partial charge in [0.15, 0.2) is 11.5 Å².